The summed E-state index contributed by atoms with van der Waals surface area (Å²) in [6.45, 7) is 2.76. The lowest BCUT2D eigenvalue weighted by atomic mass is 9.99. The highest BCUT2D eigenvalue weighted by atomic mass is 32.1. The summed E-state index contributed by atoms with van der Waals surface area (Å²) in [7, 11) is 1.63. The van der Waals surface area contributed by atoms with Crippen molar-refractivity contribution in [3.05, 3.63) is 71.5 Å². The Morgan fingerprint density at radius 2 is 2.09 bits per heavy atom. The first-order valence-electron chi connectivity index (χ1n) is 11.0. The van der Waals surface area contributed by atoms with Gasteiger partial charge in [-0.1, -0.05) is 35.6 Å². The van der Waals surface area contributed by atoms with Gasteiger partial charge in [-0.3, -0.25) is 15.1 Å². The molecule has 0 saturated carbocycles. The van der Waals surface area contributed by atoms with Crippen molar-refractivity contribution in [1.82, 2.24) is 9.97 Å². The molecule has 1 N–H and O–H groups in total. The third-order valence-corrected chi connectivity index (χ3v) is 6.78. The standard InChI is InChI=1S/C26H25N3O3S/c1-16-12-20(19-7-3-4-8-23(19)31-2)21(15-27-16)25(30)29-26-28-22-10-9-17(14-24(22)33-26)13-18-6-5-11-32-18/h3-4,7-10,12,14-15,18H,5-6,11,13H2,1-2H3,(H,28,29,30)/t18-/m1/s1. The summed E-state index contributed by atoms with van der Waals surface area (Å²) < 4.78 is 12.3. The predicted molar refractivity (Wildman–Crippen MR) is 131 cm³/mol. The second kappa shape index (κ2) is 9.29. The first-order chi connectivity index (χ1) is 16.1. The second-order valence-electron chi connectivity index (χ2n) is 8.19. The van der Waals surface area contributed by atoms with Crippen LogP contribution in [0.5, 0.6) is 5.75 Å². The lowest BCUT2D eigenvalue weighted by Crippen LogP contribution is -2.14. The number of nitrogens with one attached hydrogen (secondary N) is 1. The van der Waals surface area contributed by atoms with Crippen molar-refractivity contribution in [2.75, 3.05) is 19.0 Å². The minimum atomic E-state index is -0.248. The molecule has 1 fully saturated rings. The summed E-state index contributed by atoms with van der Waals surface area (Å²) >= 11 is 1.48. The average Bonchev–Trinajstić information content (AvgIpc) is 3.48. The number of carbonyl (C=O) groups is 1. The van der Waals surface area contributed by atoms with Crippen LogP contribution in [0.15, 0.2) is 54.7 Å². The molecule has 1 saturated heterocycles. The van der Waals surface area contributed by atoms with E-state index in [2.05, 4.69) is 27.4 Å². The molecule has 2 aromatic heterocycles. The molecule has 168 valence electrons. The zero-order valence-corrected chi connectivity index (χ0v) is 19.4. The van der Waals surface area contributed by atoms with E-state index < -0.39 is 0 Å². The molecule has 7 heteroatoms. The van der Waals surface area contributed by atoms with Crippen molar-refractivity contribution < 1.29 is 14.3 Å². The highest BCUT2D eigenvalue weighted by Gasteiger charge is 2.19. The van der Waals surface area contributed by atoms with Gasteiger partial charge in [-0.15, -0.1) is 0 Å². The summed E-state index contributed by atoms with van der Waals surface area (Å²) in [6.07, 6.45) is 5.07. The van der Waals surface area contributed by atoms with Crippen LogP contribution in [0.4, 0.5) is 5.13 Å². The van der Waals surface area contributed by atoms with E-state index in [0.29, 0.717) is 22.5 Å². The number of fused-ring (bicyclic) bond motifs is 1. The summed E-state index contributed by atoms with van der Waals surface area (Å²) in [6, 6.07) is 15.8. The number of ether oxygens (including phenoxy) is 2. The van der Waals surface area contributed by atoms with Crippen molar-refractivity contribution in [2.24, 2.45) is 0 Å². The topological polar surface area (TPSA) is 73.3 Å². The van der Waals surface area contributed by atoms with Gasteiger partial charge in [-0.2, -0.15) is 0 Å². The Labute approximate surface area is 196 Å². The number of hydrogen-bond donors (Lipinski definition) is 1. The lowest BCUT2D eigenvalue weighted by molar-refractivity contribution is 0.102. The lowest BCUT2D eigenvalue weighted by Gasteiger charge is -2.13. The molecular weight excluding hydrogens is 434 g/mol. The Balaban J connectivity index is 1.41. The van der Waals surface area contributed by atoms with E-state index in [1.807, 2.05) is 43.3 Å². The van der Waals surface area contributed by atoms with Crippen molar-refractivity contribution in [3.63, 3.8) is 0 Å². The van der Waals surface area contributed by atoms with Gasteiger partial charge in [0.25, 0.3) is 5.91 Å². The van der Waals surface area contributed by atoms with Crippen molar-refractivity contribution in [1.29, 1.82) is 0 Å². The number of pyridine rings is 1. The van der Waals surface area contributed by atoms with Crippen molar-refractivity contribution >= 4 is 32.6 Å². The predicted octanol–water partition coefficient (Wildman–Crippen LogP) is 5.65. The Bertz CT molecular complexity index is 1310. The van der Waals surface area contributed by atoms with Crippen LogP contribution in [0.1, 0.15) is 34.5 Å². The third-order valence-electron chi connectivity index (χ3n) is 5.84. The monoisotopic (exact) mass is 459 g/mol. The van der Waals surface area contributed by atoms with Gasteiger partial charge in [0.1, 0.15) is 5.75 Å². The van der Waals surface area contributed by atoms with Gasteiger partial charge >= 0.3 is 0 Å². The normalized spacial score (nSPS) is 15.6. The first kappa shape index (κ1) is 21.6. The molecule has 0 spiro atoms. The van der Waals surface area contributed by atoms with E-state index >= 15 is 0 Å². The van der Waals surface area contributed by atoms with Gasteiger partial charge in [-0.25, -0.2) is 4.98 Å². The molecule has 4 aromatic rings. The number of carbonyl (C=O) groups excluding carboxylic acids is 1. The number of aromatic nitrogens is 2. The highest BCUT2D eigenvalue weighted by Crippen LogP contribution is 2.34. The van der Waals surface area contributed by atoms with Crippen LogP contribution >= 0.6 is 11.3 Å². The van der Waals surface area contributed by atoms with Crippen molar-refractivity contribution in [2.45, 2.75) is 32.3 Å². The number of rotatable bonds is 6. The van der Waals surface area contributed by atoms with Gasteiger partial charge < -0.3 is 9.47 Å². The molecule has 5 rings (SSSR count). The molecular formula is C26H25N3O3S. The number of methoxy groups -OCH3 is 1. The zero-order chi connectivity index (χ0) is 22.8. The molecule has 1 amide bonds. The van der Waals surface area contributed by atoms with Gasteiger partial charge in [0.2, 0.25) is 0 Å². The minimum absolute atomic E-state index is 0.248. The second-order valence-corrected chi connectivity index (χ2v) is 9.22. The van der Waals surface area contributed by atoms with Gasteiger partial charge in [0, 0.05) is 29.6 Å². The van der Waals surface area contributed by atoms with E-state index in [1.54, 1.807) is 13.3 Å². The first-order valence-corrected chi connectivity index (χ1v) is 11.8. The summed E-state index contributed by atoms with van der Waals surface area (Å²) in [5.74, 6) is 0.456. The number of nitrogens with zero attached hydrogens (tertiary/aromatic N) is 2. The molecule has 1 atom stereocenters. The number of anilines is 1. The van der Waals surface area contributed by atoms with E-state index in [-0.39, 0.29) is 5.91 Å². The molecule has 0 radical (unpaired) electrons. The van der Waals surface area contributed by atoms with E-state index in [1.165, 1.54) is 16.9 Å². The Morgan fingerprint density at radius 1 is 1.21 bits per heavy atom. The maximum atomic E-state index is 13.3. The number of para-hydroxylation sites is 1. The zero-order valence-electron chi connectivity index (χ0n) is 18.6. The molecule has 3 heterocycles. The molecule has 6 nitrogen and oxygen atoms in total. The fourth-order valence-corrected chi connectivity index (χ4v) is 5.14. The summed E-state index contributed by atoms with van der Waals surface area (Å²) in [5.41, 5.74) is 5.03. The van der Waals surface area contributed by atoms with Gasteiger partial charge in [-0.05, 0) is 56.0 Å². The van der Waals surface area contributed by atoms with Crippen LogP contribution in [0.25, 0.3) is 21.3 Å². The number of aryl methyl sites for hydroxylation is 1. The maximum absolute atomic E-state index is 13.3. The summed E-state index contributed by atoms with van der Waals surface area (Å²) in [4.78, 5) is 22.2. The molecule has 33 heavy (non-hydrogen) atoms. The van der Waals surface area contributed by atoms with Crippen molar-refractivity contribution in [3.8, 4) is 16.9 Å². The Kier molecular flexibility index (Phi) is 6.07. The molecule has 1 aliphatic heterocycles. The van der Waals surface area contributed by atoms with Crippen LogP contribution in [-0.2, 0) is 11.2 Å². The number of thiazole rings is 1. The number of amides is 1. The highest BCUT2D eigenvalue weighted by molar-refractivity contribution is 7.22. The SMILES string of the molecule is COc1ccccc1-c1cc(C)ncc1C(=O)Nc1nc2ccc(C[C@H]3CCCO3)cc2s1. The number of benzene rings is 2. The van der Waals surface area contributed by atoms with E-state index in [0.717, 1.165) is 52.9 Å². The van der Waals surface area contributed by atoms with Crippen LogP contribution in [0.3, 0.4) is 0 Å². The third kappa shape index (κ3) is 4.60. The Morgan fingerprint density at radius 3 is 2.91 bits per heavy atom. The smallest absolute Gasteiger partial charge is 0.259 e. The largest absolute Gasteiger partial charge is 0.496 e. The Hall–Kier alpha value is -3.29. The number of hydrogen-bond acceptors (Lipinski definition) is 6. The van der Waals surface area contributed by atoms with Gasteiger partial charge in [0.05, 0.1) is 29.0 Å². The molecule has 0 bridgehead atoms. The molecule has 1 aliphatic rings. The average molecular weight is 460 g/mol. The van der Waals surface area contributed by atoms with E-state index in [4.69, 9.17) is 9.47 Å². The van der Waals surface area contributed by atoms with Crippen LogP contribution < -0.4 is 10.1 Å². The summed E-state index contributed by atoms with van der Waals surface area (Å²) in [5, 5.41) is 3.54. The van der Waals surface area contributed by atoms with Crippen LogP contribution in [-0.4, -0.2) is 35.7 Å². The molecule has 2 aromatic carbocycles. The minimum Gasteiger partial charge on any atom is -0.496 e. The van der Waals surface area contributed by atoms with Crippen LogP contribution in [0, 0.1) is 6.92 Å². The van der Waals surface area contributed by atoms with E-state index in [9.17, 15) is 4.79 Å². The molecule has 0 unspecified atom stereocenters. The van der Waals surface area contributed by atoms with Crippen LogP contribution in [0.2, 0.25) is 0 Å². The fraction of sp³-hybridized carbons (Fsp3) is 0.269. The fourth-order valence-electron chi connectivity index (χ4n) is 4.21. The quantitative estimate of drug-likeness (QED) is 0.403. The van der Waals surface area contributed by atoms with Gasteiger partial charge in [0.15, 0.2) is 5.13 Å². The maximum Gasteiger partial charge on any atom is 0.259 e. The molecule has 0 aliphatic carbocycles.